The molecule has 1 aliphatic rings. The van der Waals surface area contributed by atoms with Crippen LogP contribution in [0.5, 0.6) is 0 Å². The summed E-state index contributed by atoms with van der Waals surface area (Å²) >= 11 is 0. The van der Waals surface area contributed by atoms with Crippen LogP contribution in [0, 0.1) is 0 Å². The largest absolute Gasteiger partial charge is 0.390 e. The van der Waals surface area contributed by atoms with E-state index < -0.39 is 8.24 Å². The number of allylic oxidation sites excluding steroid dienone is 2. The van der Waals surface area contributed by atoms with Crippen LogP contribution in [0.25, 0.3) is 0 Å². The Balaban J connectivity index is 3.27. The smallest absolute Gasteiger partial charge is 0.148 e. The zero-order chi connectivity index (χ0) is 12.6. The highest BCUT2D eigenvalue weighted by Crippen LogP contribution is 2.34. The van der Waals surface area contributed by atoms with E-state index >= 15 is 0 Å². The lowest BCUT2D eigenvalue weighted by atomic mass is 10.0. The number of hydrogen-bond donors (Lipinski definition) is 0. The van der Waals surface area contributed by atoms with Gasteiger partial charge in [-0.25, -0.2) is 0 Å². The third kappa shape index (κ3) is 2.39. The van der Waals surface area contributed by atoms with Gasteiger partial charge >= 0.3 is 0 Å². The van der Waals surface area contributed by atoms with Gasteiger partial charge in [-0.1, -0.05) is 33.5 Å². The molecule has 0 saturated heterocycles. The average Bonchev–Trinajstić information content (AvgIpc) is 2.13. The standard InChI is InChI=1S/C13H26N2Si/c1-8-11-12(9-2)15(16(5,6)7)13(3,4)10-14-11/h10H,8-9H2,1-7H3. The van der Waals surface area contributed by atoms with Gasteiger partial charge in [-0.2, -0.15) is 0 Å². The second-order valence-electron chi connectivity index (χ2n) is 6.02. The molecule has 92 valence electrons. The summed E-state index contributed by atoms with van der Waals surface area (Å²) in [6, 6.07) is 0. The fraction of sp³-hybridized carbons (Fsp3) is 0.769. The highest BCUT2D eigenvalue weighted by Gasteiger charge is 2.38. The second kappa shape index (κ2) is 4.36. The van der Waals surface area contributed by atoms with Gasteiger partial charge in [0.25, 0.3) is 0 Å². The molecule has 0 atom stereocenters. The molecule has 1 aliphatic heterocycles. The lowest BCUT2D eigenvalue weighted by molar-refractivity contribution is 0.343. The highest BCUT2D eigenvalue weighted by atomic mass is 28.3. The molecule has 1 heterocycles. The first-order valence-corrected chi connectivity index (χ1v) is 9.76. The predicted octanol–water partition coefficient (Wildman–Crippen LogP) is 4.02. The molecule has 16 heavy (non-hydrogen) atoms. The Hall–Kier alpha value is -0.573. The fourth-order valence-electron chi connectivity index (χ4n) is 2.77. The van der Waals surface area contributed by atoms with Crippen molar-refractivity contribution in [1.29, 1.82) is 0 Å². The summed E-state index contributed by atoms with van der Waals surface area (Å²) in [6.45, 7) is 16.2. The number of rotatable bonds is 3. The zero-order valence-electron chi connectivity index (χ0n) is 11.9. The maximum Gasteiger partial charge on any atom is 0.148 e. The molecule has 0 aromatic rings. The molecule has 0 fully saturated rings. The minimum absolute atomic E-state index is 0.0779. The van der Waals surface area contributed by atoms with E-state index in [2.05, 4.69) is 63.1 Å². The minimum Gasteiger partial charge on any atom is -0.390 e. The van der Waals surface area contributed by atoms with E-state index in [-0.39, 0.29) is 5.54 Å². The summed E-state index contributed by atoms with van der Waals surface area (Å²) in [5.41, 5.74) is 2.83. The van der Waals surface area contributed by atoms with Crippen LogP contribution in [0.3, 0.4) is 0 Å². The molecule has 0 spiro atoms. The Morgan fingerprint density at radius 3 is 2.12 bits per heavy atom. The van der Waals surface area contributed by atoms with E-state index in [1.54, 1.807) is 0 Å². The summed E-state index contributed by atoms with van der Waals surface area (Å²) in [7, 11) is -1.35. The van der Waals surface area contributed by atoms with E-state index in [1.807, 2.05) is 0 Å². The van der Waals surface area contributed by atoms with Gasteiger partial charge in [0, 0.05) is 11.9 Å². The van der Waals surface area contributed by atoms with Crippen molar-refractivity contribution in [2.45, 2.75) is 65.7 Å². The third-order valence-electron chi connectivity index (χ3n) is 3.06. The molecule has 0 N–H and O–H groups in total. The Morgan fingerprint density at radius 1 is 1.19 bits per heavy atom. The molecule has 0 saturated carbocycles. The molecular formula is C13H26N2Si. The maximum atomic E-state index is 4.65. The molecule has 0 bridgehead atoms. The van der Waals surface area contributed by atoms with Crippen LogP contribution in [-0.4, -0.2) is 24.6 Å². The predicted molar refractivity (Wildman–Crippen MR) is 75.4 cm³/mol. The highest BCUT2D eigenvalue weighted by molar-refractivity contribution is 6.74. The van der Waals surface area contributed by atoms with Crippen LogP contribution in [0.2, 0.25) is 19.6 Å². The minimum atomic E-state index is -1.35. The van der Waals surface area contributed by atoms with Crippen molar-refractivity contribution in [3.05, 3.63) is 11.4 Å². The quantitative estimate of drug-likeness (QED) is 0.678. The van der Waals surface area contributed by atoms with Gasteiger partial charge in [0.05, 0.1) is 11.2 Å². The van der Waals surface area contributed by atoms with Crippen LogP contribution in [-0.2, 0) is 0 Å². The van der Waals surface area contributed by atoms with E-state index in [1.165, 1.54) is 11.4 Å². The zero-order valence-corrected chi connectivity index (χ0v) is 12.9. The van der Waals surface area contributed by atoms with Gasteiger partial charge in [0.2, 0.25) is 0 Å². The van der Waals surface area contributed by atoms with Crippen molar-refractivity contribution >= 4 is 14.5 Å². The molecule has 0 unspecified atom stereocenters. The lowest BCUT2D eigenvalue weighted by Crippen LogP contribution is -2.58. The van der Waals surface area contributed by atoms with Gasteiger partial charge in [-0.05, 0) is 26.7 Å². The molecule has 2 nitrogen and oxygen atoms in total. The Bertz CT molecular complexity index is 321. The van der Waals surface area contributed by atoms with Crippen LogP contribution in [0.1, 0.15) is 40.5 Å². The van der Waals surface area contributed by atoms with E-state index in [0.29, 0.717) is 0 Å². The van der Waals surface area contributed by atoms with E-state index in [9.17, 15) is 0 Å². The van der Waals surface area contributed by atoms with Crippen molar-refractivity contribution in [3.63, 3.8) is 0 Å². The lowest BCUT2D eigenvalue weighted by Gasteiger charge is -2.50. The van der Waals surface area contributed by atoms with Gasteiger partial charge in [0.1, 0.15) is 8.24 Å². The van der Waals surface area contributed by atoms with Crippen LogP contribution < -0.4 is 0 Å². The van der Waals surface area contributed by atoms with Crippen LogP contribution in [0.15, 0.2) is 16.4 Å². The van der Waals surface area contributed by atoms with Gasteiger partial charge in [-0.3, -0.25) is 4.99 Å². The number of aliphatic imine (C=N–C) groups is 1. The summed E-state index contributed by atoms with van der Waals surface area (Å²) in [6.07, 6.45) is 4.26. The SMILES string of the molecule is CCC1=C(CC)N([Si](C)(C)C)C(C)(C)C=N1. The van der Waals surface area contributed by atoms with Crippen molar-refractivity contribution < 1.29 is 0 Å². The fourth-order valence-corrected chi connectivity index (χ4v) is 5.66. The van der Waals surface area contributed by atoms with E-state index in [0.717, 1.165) is 12.8 Å². The molecule has 0 aromatic heterocycles. The average molecular weight is 238 g/mol. The topological polar surface area (TPSA) is 15.6 Å². The number of nitrogens with zero attached hydrogens (tertiary/aromatic N) is 2. The summed E-state index contributed by atoms with van der Waals surface area (Å²) in [5.74, 6) is 0. The molecule has 0 radical (unpaired) electrons. The van der Waals surface area contributed by atoms with Gasteiger partial charge in [-0.15, -0.1) is 0 Å². The van der Waals surface area contributed by atoms with Crippen LogP contribution in [0.4, 0.5) is 0 Å². The Morgan fingerprint density at radius 2 is 1.75 bits per heavy atom. The van der Waals surface area contributed by atoms with Gasteiger partial charge in [0.15, 0.2) is 0 Å². The molecule has 0 aliphatic carbocycles. The summed E-state index contributed by atoms with van der Waals surface area (Å²) in [4.78, 5) is 4.65. The Labute approximate surface area is 102 Å². The van der Waals surface area contributed by atoms with Crippen molar-refractivity contribution in [3.8, 4) is 0 Å². The van der Waals surface area contributed by atoms with Crippen molar-refractivity contribution in [1.82, 2.24) is 4.57 Å². The first-order chi connectivity index (χ1) is 7.24. The first-order valence-electron chi connectivity index (χ1n) is 6.31. The molecule has 0 aromatic carbocycles. The normalized spacial score (nSPS) is 20.6. The maximum absolute atomic E-state index is 4.65. The van der Waals surface area contributed by atoms with Gasteiger partial charge < -0.3 is 4.57 Å². The molecule has 0 amide bonds. The Kier molecular flexibility index (Phi) is 3.68. The van der Waals surface area contributed by atoms with Crippen molar-refractivity contribution in [2.75, 3.05) is 0 Å². The first kappa shape index (κ1) is 13.5. The second-order valence-corrected chi connectivity index (χ2v) is 10.8. The monoisotopic (exact) mass is 238 g/mol. The third-order valence-corrected chi connectivity index (χ3v) is 5.24. The van der Waals surface area contributed by atoms with Crippen molar-refractivity contribution in [2.24, 2.45) is 4.99 Å². The molecular weight excluding hydrogens is 212 g/mol. The molecule has 1 rings (SSSR count). The number of hydrogen-bond acceptors (Lipinski definition) is 2. The summed E-state index contributed by atoms with van der Waals surface area (Å²) < 4.78 is 2.66. The summed E-state index contributed by atoms with van der Waals surface area (Å²) in [5, 5.41) is 0. The van der Waals surface area contributed by atoms with Crippen LogP contribution >= 0.6 is 0 Å². The molecule has 3 heteroatoms. The van der Waals surface area contributed by atoms with E-state index in [4.69, 9.17) is 0 Å².